The number of anilines is 1. The van der Waals surface area contributed by atoms with Crippen LogP contribution in [-0.4, -0.2) is 11.3 Å². The number of pyridine rings is 1. The molecule has 0 aliphatic heterocycles. The van der Waals surface area contributed by atoms with Crippen molar-refractivity contribution in [2.24, 2.45) is 0 Å². The van der Waals surface area contributed by atoms with Crippen LogP contribution in [0.4, 0.5) is 19.0 Å². The smallest absolute Gasteiger partial charge is 0.404 e. The molecule has 2 N–H and O–H groups in total. The van der Waals surface area contributed by atoms with Crippen LogP contribution in [0.2, 0.25) is 5.15 Å². The van der Waals surface area contributed by atoms with Gasteiger partial charge in [-0.25, -0.2) is 4.98 Å². The molecule has 4 nitrogen and oxygen atoms in total. The lowest BCUT2D eigenvalue weighted by molar-refractivity contribution is -0.274. The molecule has 1 rings (SSSR count). The van der Waals surface area contributed by atoms with Crippen molar-refractivity contribution < 1.29 is 17.9 Å². The van der Waals surface area contributed by atoms with Crippen molar-refractivity contribution in [2.75, 3.05) is 5.73 Å². The largest absolute Gasteiger partial charge is 0.573 e. The van der Waals surface area contributed by atoms with E-state index in [1.807, 2.05) is 0 Å². The summed E-state index contributed by atoms with van der Waals surface area (Å²) < 4.78 is 39.2. The third-order valence-electron chi connectivity index (χ3n) is 1.32. The number of halogens is 4. The van der Waals surface area contributed by atoms with Gasteiger partial charge in [-0.15, -0.1) is 13.2 Å². The SMILES string of the molecule is N#Cc1c(OC(F)(F)F)cc(Cl)nc1N. The minimum atomic E-state index is -4.91. The molecule has 0 saturated heterocycles. The van der Waals surface area contributed by atoms with Crippen LogP contribution >= 0.6 is 11.6 Å². The Hall–Kier alpha value is -1.68. The molecule has 0 bridgehead atoms. The summed E-state index contributed by atoms with van der Waals surface area (Å²) in [6.45, 7) is 0. The molecule has 0 atom stereocenters. The van der Waals surface area contributed by atoms with Gasteiger partial charge in [0.05, 0.1) is 0 Å². The molecule has 1 aromatic rings. The number of hydrogen-bond acceptors (Lipinski definition) is 4. The van der Waals surface area contributed by atoms with Gasteiger partial charge >= 0.3 is 6.36 Å². The maximum Gasteiger partial charge on any atom is 0.573 e. The van der Waals surface area contributed by atoms with Crippen LogP contribution in [0.1, 0.15) is 5.56 Å². The zero-order valence-electron chi connectivity index (χ0n) is 6.97. The van der Waals surface area contributed by atoms with Gasteiger partial charge < -0.3 is 10.5 Å². The Bertz CT molecular complexity index is 427. The number of nitrogens with two attached hydrogens (primary N) is 1. The number of nitriles is 1. The van der Waals surface area contributed by atoms with Crippen LogP contribution in [-0.2, 0) is 0 Å². The van der Waals surface area contributed by atoms with Crippen molar-refractivity contribution in [3.63, 3.8) is 0 Å². The molecule has 80 valence electrons. The summed E-state index contributed by atoms with van der Waals surface area (Å²) >= 11 is 5.36. The van der Waals surface area contributed by atoms with Crippen LogP contribution in [0.5, 0.6) is 5.75 Å². The molecule has 0 fully saturated rings. The number of hydrogen-bond donors (Lipinski definition) is 1. The monoisotopic (exact) mass is 237 g/mol. The van der Waals surface area contributed by atoms with Gasteiger partial charge in [0, 0.05) is 6.07 Å². The molecule has 0 spiro atoms. The van der Waals surface area contributed by atoms with Gasteiger partial charge in [-0.1, -0.05) is 11.6 Å². The lowest BCUT2D eigenvalue weighted by atomic mass is 10.2. The summed E-state index contributed by atoms with van der Waals surface area (Å²) in [5.74, 6) is -1.17. The highest BCUT2D eigenvalue weighted by Crippen LogP contribution is 2.30. The lowest BCUT2D eigenvalue weighted by Gasteiger charge is -2.10. The number of nitrogens with zero attached hydrogens (tertiary/aromatic N) is 2. The average molecular weight is 238 g/mol. The van der Waals surface area contributed by atoms with Crippen molar-refractivity contribution in [1.82, 2.24) is 4.98 Å². The minimum absolute atomic E-state index is 0.286. The van der Waals surface area contributed by atoms with Crippen LogP contribution in [0.25, 0.3) is 0 Å². The van der Waals surface area contributed by atoms with E-state index in [4.69, 9.17) is 22.6 Å². The van der Waals surface area contributed by atoms with Gasteiger partial charge in [-0.2, -0.15) is 5.26 Å². The number of rotatable bonds is 1. The Morgan fingerprint density at radius 1 is 1.53 bits per heavy atom. The fraction of sp³-hybridized carbons (Fsp3) is 0.143. The van der Waals surface area contributed by atoms with Gasteiger partial charge in [-0.05, 0) is 0 Å². The molecule has 0 saturated carbocycles. The third-order valence-corrected chi connectivity index (χ3v) is 1.51. The Balaban J connectivity index is 3.23. The molecule has 0 unspecified atom stereocenters. The first-order valence-electron chi connectivity index (χ1n) is 3.45. The van der Waals surface area contributed by atoms with Crippen LogP contribution in [0.3, 0.4) is 0 Å². The number of alkyl halides is 3. The van der Waals surface area contributed by atoms with E-state index in [0.29, 0.717) is 0 Å². The van der Waals surface area contributed by atoms with E-state index in [2.05, 4.69) is 9.72 Å². The van der Waals surface area contributed by atoms with Crippen molar-refractivity contribution in [3.8, 4) is 11.8 Å². The maximum atomic E-state index is 11.9. The van der Waals surface area contributed by atoms with Crippen LogP contribution in [0, 0.1) is 11.3 Å². The highest BCUT2D eigenvalue weighted by Gasteiger charge is 2.33. The highest BCUT2D eigenvalue weighted by atomic mass is 35.5. The molecule has 15 heavy (non-hydrogen) atoms. The maximum absolute atomic E-state index is 11.9. The minimum Gasteiger partial charge on any atom is -0.404 e. The summed E-state index contributed by atoms with van der Waals surface area (Å²) in [6.07, 6.45) is -4.91. The molecule has 8 heteroatoms. The molecular weight excluding hydrogens is 235 g/mol. The molecule has 0 amide bonds. The van der Waals surface area contributed by atoms with E-state index >= 15 is 0 Å². The standard InChI is InChI=1S/C7H3ClF3N3O/c8-5-1-4(15-7(9,10)11)3(2-12)6(13)14-5/h1H,(H2,13,14). The van der Waals surface area contributed by atoms with E-state index < -0.39 is 23.5 Å². The second-order valence-corrected chi connectivity index (χ2v) is 2.75. The van der Waals surface area contributed by atoms with Crippen molar-refractivity contribution >= 4 is 17.4 Å². The second kappa shape index (κ2) is 3.82. The highest BCUT2D eigenvalue weighted by molar-refractivity contribution is 6.29. The summed E-state index contributed by atoms with van der Waals surface area (Å²) in [5, 5.41) is 8.24. The quantitative estimate of drug-likeness (QED) is 0.759. The van der Waals surface area contributed by atoms with E-state index in [-0.39, 0.29) is 5.15 Å². The van der Waals surface area contributed by atoms with E-state index in [0.717, 1.165) is 6.07 Å². The summed E-state index contributed by atoms with van der Waals surface area (Å²) in [5.41, 5.74) is 4.68. The van der Waals surface area contributed by atoms with Crippen LogP contribution < -0.4 is 10.5 Å². The zero-order valence-corrected chi connectivity index (χ0v) is 7.73. The predicted octanol–water partition coefficient (Wildman–Crippen LogP) is 2.09. The number of nitrogen functional groups attached to an aromatic ring is 1. The third kappa shape index (κ3) is 2.89. The molecular formula is C7H3ClF3N3O. The van der Waals surface area contributed by atoms with Crippen LogP contribution in [0.15, 0.2) is 6.07 Å². The van der Waals surface area contributed by atoms with Crippen molar-refractivity contribution in [2.45, 2.75) is 6.36 Å². The predicted molar refractivity (Wildman–Crippen MR) is 45.1 cm³/mol. The molecule has 1 heterocycles. The molecule has 0 aliphatic carbocycles. The lowest BCUT2D eigenvalue weighted by Crippen LogP contribution is -2.18. The number of aromatic nitrogens is 1. The fourth-order valence-corrected chi connectivity index (χ4v) is 1.02. The fourth-order valence-electron chi connectivity index (χ4n) is 0.827. The molecule has 0 radical (unpaired) electrons. The van der Waals surface area contributed by atoms with Gasteiger partial charge in [0.2, 0.25) is 0 Å². The zero-order chi connectivity index (χ0) is 11.6. The van der Waals surface area contributed by atoms with Gasteiger partial charge in [-0.3, -0.25) is 0 Å². The number of ether oxygens (including phenoxy) is 1. The van der Waals surface area contributed by atoms with Gasteiger partial charge in [0.15, 0.2) is 5.75 Å². The van der Waals surface area contributed by atoms with E-state index in [9.17, 15) is 13.2 Å². The van der Waals surface area contributed by atoms with Crippen molar-refractivity contribution in [1.29, 1.82) is 5.26 Å². The first kappa shape index (κ1) is 11.4. The first-order valence-corrected chi connectivity index (χ1v) is 3.83. The summed E-state index contributed by atoms with van der Waals surface area (Å²) in [7, 11) is 0. The Morgan fingerprint density at radius 2 is 2.13 bits per heavy atom. The van der Waals surface area contributed by atoms with E-state index in [1.165, 1.54) is 6.07 Å². The Labute approximate surface area is 87.0 Å². The molecule has 0 aliphatic rings. The topological polar surface area (TPSA) is 71.9 Å². The average Bonchev–Trinajstić information content (AvgIpc) is 1.99. The molecule has 1 aromatic heterocycles. The first-order chi connectivity index (χ1) is 6.83. The van der Waals surface area contributed by atoms with Crippen molar-refractivity contribution in [3.05, 3.63) is 16.8 Å². The summed E-state index contributed by atoms with van der Waals surface area (Å²) in [4.78, 5) is 3.41. The second-order valence-electron chi connectivity index (χ2n) is 2.36. The summed E-state index contributed by atoms with van der Waals surface area (Å²) in [6, 6.07) is 2.21. The van der Waals surface area contributed by atoms with Gasteiger partial charge in [0.1, 0.15) is 22.6 Å². The normalized spacial score (nSPS) is 10.9. The Morgan fingerprint density at radius 3 is 2.60 bits per heavy atom. The molecule has 0 aromatic carbocycles. The van der Waals surface area contributed by atoms with E-state index in [1.54, 1.807) is 0 Å². The van der Waals surface area contributed by atoms with Gasteiger partial charge in [0.25, 0.3) is 0 Å². The Kier molecular flexibility index (Phi) is 2.90.